The van der Waals surface area contributed by atoms with Crippen LogP contribution >= 0.6 is 11.6 Å². The van der Waals surface area contributed by atoms with E-state index in [2.05, 4.69) is 14.8 Å². The molecule has 33 heavy (non-hydrogen) atoms. The zero-order valence-electron chi connectivity index (χ0n) is 17.2. The highest BCUT2D eigenvalue weighted by molar-refractivity contribution is 7.92. The summed E-state index contributed by atoms with van der Waals surface area (Å²) in [5.41, 5.74) is 0.960. The molecule has 1 amide bonds. The highest BCUT2D eigenvalue weighted by Crippen LogP contribution is 2.28. The van der Waals surface area contributed by atoms with Gasteiger partial charge in [-0.2, -0.15) is 0 Å². The molecule has 0 spiro atoms. The quantitative estimate of drug-likeness (QED) is 0.458. The van der Waals surface area contributed by atoms with Crippen molar-refractivity contribution in [3.63, 3.8) is 0 Å². The molecule has 0 fully saturated rings. The van der Waals surface area contributed by atoms with E-state index in [0.29, 0.717) is 11.3 Å². The smallest absolute Gasteiger partial charge is 0.337 e. The molecule has 8 nitrogen and oxygen atoms in total. The highest BCUT2D eigenvalue weighted by atomic mass is 35.5. The van der Waals surface area contributed by atoms with Gasteiger partial charge in [0.25, 0.3) is 15.9 Å². The Hall–Kier alpha value is -3.63. The standard InChI is InChI=1S/C22H18ClFN2O6S/c1-31-22(28)14-2-6-16(7-3-14)25-21(27)13-32-20-11-10-18(12-19(20)23)33(29,30)26-17-8-4-15(24)5-9-17/h2-12,26H,13H2,1H3,(H,25,27). The van der Waals surface area contributed by atoms with Gasteiger partial charge in [0.15, 0.2) is 6.61 Å². The first-order valence-electron chi connectivity index (χ1n) is 9.37. The maximum absolute atomic E-state index is 13.0. The van der Waals surface area contributed by atoms with E-state index in [9.17, 15) is 22.4 Å². The van der Waals surface area contributed by atoms with Crippen LogP contribution < -0.4 is 14.8 Å². The lowest BCUT2D eigenvalue weighted by atomic mass is 10.2. The molecular formula is C22H18ClFN2O6S. The van der Waals surface area contributed by atoms with Crippen molar-refractivity contribution >= 4 is 44.9 Å². The van der Waals surface area contributed by atoms with Crippen molar-refractivity contribution < 1.29 is 31.9 Å². The summed E-state index contributed by atoms with van der Waals surface area (Å²) in [5, 5.41) is 2.57. The average molecular weight is 493 g/mol. The van der Waals surface area contributed by atoms with Crippen LogP contribution in [0.25, 0.3) is 0 Å². The second kappa shape index (κ2) is 10.3. The zero-order chi connectivity index (χ0) is 24.0. The third kappa shape index (κ3) is 6.43. The van der Waals surface area contributed by atoms with Crippen molar-refractivity contribution in [1.82, 2.24) is 0 Å². The van der Waals surface area contributed by atoms with Crippen molar-refractivity contribution in [1.29, 1.82) is 0 Å². The molecule has 0 aliphatic rings. The molecular weight excluding hydrogens is 475 g/mol. The van der Waals surface area contributed by atoms with Crippen molar-refractivity contribution in [2.45, 2.75) is 4.90 Å². The highest BCUT2D eigenvalue weighted by Gasteiger charge is 2.17. The maximum atomic E-state index is 13.0. The minimum absolute atomic E-state index is 0.0211. The van der Waals surface area contributed by atoms with Crippen LogP contribution in [0.1, 0.15) is 10.4 Å². The fraction of sp³-hybridized carbons (Fsp3) is 0.0909. The summed E-state index contributed by atoms with van der Waals surface area (Å²) in [6.07, 6.45) is 0. The molecule has 0 heterocycles. The number of carbonyl (C=O) groups is 2. The summed E-state index contributed by atoms with van der Waals surface area (Å²) in [5.74, 6) is -1.38. The van der Waals surface area contributed by atoms with Crippen molar-refractivity contribution in [2.75, 3.05) is 23.8 Å². The van der Waals surface area contributed by atoms with E-state index in [1.54, 1.807) is 0 Å². The number of methoxy groups -OCH3 is 1. The Morgan fingerprint density at radius 1 is 0.970 bits per heavy atom. The van der Waals surface area contributed by atoms with Crippen molar-refractivity contribution in [3.05, 3.63) is 83.1 Å². The molecule has 3 aromatic carbocycles. The summed E-state index contributed by atoms with van der Waals surface area (Å²) in [4.78, 5) is 23.4. The summed E-state index contributed by atoms with van der Waals surface area (Å²) in [6.45, 7) is -0.390. The van der Waals surface area contributed by atoms with E-state index < -0.39 is 34.3 Å². The Morgan fingerprint density at radius 3 is 2.21 bits per heavy atom. The molecule has 0 unspecified atom stereocenters. The van der Waals surface area contributed by atoms with Crippen LogP contribution in [0, 0.1) is 5.82 Å². The number of amides is 1. The molecule has 172 valence electrons. The number of nitrogens with one attached hydrogen (secondary N) is 2. The van der Waals surface area contributed by atoms with Gasteiger partial charge < -0.3 is 14.8 Å². The fourth-order valence-corrected chi connectivity index (χ4v) is 4.03. The molecule has 11 heteroatoms. The number of esters is 1. The number of rotatable bonds is 8. The van der Waals surface area contributed by atoms with Crippen LogP contribution in [-0.4, -0.2) is 34.0 Å². The Kier molecular flexibility index (Phi) is 7.52. The van der Waals surface area contributed by atoms with Gasteiger partial charge in [-0.3, -0.25) is 9.52 Å². The number of carbonyl (C=O) groups excluding carboxylic acids is 2. The molecule has 3 aromatic rings. The average Bonchev–Trinajstić information content (AvgIpc) is 2.79. The summed E-state index contributed by atoms with van der Waals surface area (Å²) in [7, 11) is -2.71. The van der Waals surface area contributed by atoms with Crippen LogP contribution in [0.5, 0.6) is 5.75 Å². The minimum atomic E-state index is -3.97. The van der Waals surface area contributed by atoms with Gasteiger partial charge in [0.05, 0.1) is 22.6 Å². The molecule has 0 aliphatic carbocycles. The molecule has 3 rings (SSSR count). The number of sulfonamides is 1. The number of hydrogen-bond donors (Lipinski definition) is 2. The maximum Gasteiger partial charge on any atom is 0.337 e. The SMILES string of the molecule is COC(=O)c1ccc(NC(=O)COc2ccc(S(=O)(=O)Nc3ccc(F)cc3)cc2Cl)cc1. The zero-order valence-corrected chi connectivity index (χ0v) is 18.7. The lowest BCUT2D eigenvalue weighted by Gasteiger charge is -2.12. The Labute approximate surface area is 194 Å². The number of anilines is 2. The topological polar surface area (TPSA) is 111 Å². The molecule has 0 bridgehead atoms. The Bertz CT molecular complexity index is 1270. The van der Waals surface area contributed by atoms with Gasteiger partial charge in [-0.25, -0.2) is 17.6 Å². The normalized spacial score (nSPS) is 10.9. The van der Waals surface area contributed by atoms with Crippen LogP contribution in [0.15, 0.2) is 71.6 Å². The van der Waals surface area contributed by atoms with Gasteiger partial charge in [-0.1, -0.05) is 11.6 Å². The number of halogens is 2. The van der Waals surface area contributed by atoms with E-state index in [0.717, 1.165) is 12.1 Å². The number of benzene rings is 3. The van der Waals surface area contributed by atoms with E-state index in [1.807, 2.05) is 0 Å². The predicted molar refractivity (Wildman–Crippen MR) is 121 cm³/mol. The van der Waals surface area contributed by atoms with E-state index >= 15 is 0 Å². The largest absolute Gasteiger partial charge is 0.482 e. The molecule has 0 aromatic heterocycles. The summed E-state index contributed by atoms with van der Waals surface area (Å²) < 4.78 is 50.3. The third-order valence-electron chi connectivity index (χ3n) is 4.26. The number of hydrogen-bond acceptors (Lipinski definition) is 6. The van der Waals surface area contributed by atoms with Crippen molar-refractivity contribution in [2.24, 2.45) is 0 Å². The lowest BCUT2D eigenvalue weighted by molar-refractivity contribution is -0.118. The second-order valence-corrected chi connectivity index (χ2v) is 8.70. The number of ether oxygens (including phenoxy) is 2. The predicted octanol–water partition coefficient (Wildman–Crippen LogP) is 4.08. The second-order valence-electron chi connectivity index (χ2n) is 6.61. The van der Waals surface area contributed by atoms with Crippen LogP contribution in [0.3, 0.4) is 0 Å². The lowest BCUT2D eigenvalue weighted by Crippen LogP contribution is -2.20. The summed E-state index contributed by atoms with van der Waals surface area (Å²) in [6, 6.07) is 14.6. The van der Waals surface area contributed by atoms with E-state index in [4.69, 9.17) is 16.3 Å². The van der Waals surface area contributed by atoms with Crippen LogP contribution in [-0.2, 0) is 19.6 Å². The van der Waals surface area contributed by atoms with E-state index in [1.165, 1.54) is 61.7 Å². The summed E-state index contributed by atoms with van der Waals surface area (Å²) >= 11 is 6.12. The first kappa shape index (κ1) is 24.0. The molecule has 0 saturated carbocycles. The Morgan fingerprint density at radius 2 is 1.61 bits per heavy atom. The van der Waals surface area contributed by atoms with Crippen LogP contribution in [0.2, 0.25) is 5.02 Å². The fourth-order valence-electron chi connectivity index (χ4n) is 2.65. The van der Waals surface area contributed by atoms with Gasteiger partial charge in [0.1, 0.15) is 11.6 Å². The molecule has 0 saturated heterocycles. The first-order valence-corrected chi connectivity index (χ1v) is 11.2. The monoisotopic (exact) mass is 492 g/mol. The molecule has 0 atom stereocenters. The van der Waals surface area contributed by atoms with Gasteiger partial charge in [0.2, 0.25) is 0 Å². The van der Waals surface area contributed by atoms with Gasteiger partial charge in [-0.05, 0) is 66.7 Å². The van der Waals surface area contributed by atoms with Crippen LogP contribution in [0.4, 0.5) is 15.8 Å². The molecule has 0 radical (unpaired) electrons. The first-order chi connectivity index (χ1) is 15.7. The van der Waals surface area contributed by atoms with Gasteiger partial charge in [0, 0.05) is 11.4 Å². The third-order valence-corrected chi connectivity index (χ3v) is 5.93. The van der Waals surface area contributed by atoms with Crippen molar-refractivity contribution in [3.8, 4) is 5.75 Å². The minimum Gasteiger partial charge on any atom is -0.482 e. The van der Waals surface area contributed by atoms with Gasteiger partial charge in [-0.15, -0.1) is 0 Å². The molecule has 2 N–H and O–H groups in total. The Balaban J connectivity index is 1.60. The van der Waals surface area contributed by atoms with E-state index in [-0.39, 0.29) is 21.4 Å². The van der Waals surface area contributed by atoms with Gasteiger partial charge >= 0.3 is 5.97 Å². The molecule has 0 aliphatic heterocycles.